The Bertz CT molecular complexity index is 1470. The molecule has 0 radical (unpaired) electrons. The first-order valence-electron chi connectivity index (χ1n) is 14.1. The molecule has 5 rings (SSSR count). The number of amides is 1. The highest BCUT2D eigenvalue weighted by molar-refractivity contribution is 5.80. The molecule has 3 aromatic carbocycles. The molecular formula is C32H35N3O5. The molecule has 0 aliphatic heterocycles. The van der Waals surface area contributed by atoms with Gasteiger partial charge in [0.15, 0.2) is 0 Å². The summed E-state index contributed by atoms with van der Waals surface area (Å²) in [5.74, 6) is 1.78. The zero-order valence-corrected chi connectivity index (χ0v) is 22.8. The average Bonchev–Trinajstić information content (AvgIpc) is 3.29. The molecule has 1 heterocycles. The van der Waals surface area contributed by atoms with Gasteiger partial charge in [-0.15, -0.1) is 0 Å². The Morgan fingerprint density at radius 1 is 1.00 bits per heavy atom. The maximum Gasteiger partial charge on any atom is 0.511 e. The van der Waals surface area contributed by atoms with E-state index < -0.39 is 12.2 Å². The van der Waals surface area contributed by atoms with Gasteiger partial charge in [0, 0.05) is 30.6 Å². The van der Waals surface area contributed by atoms with Gasteiger partial charge >= 0.3 is 12.2 Å². The zero-order chi connectivity index (χ0) is 27.9. The van der Waals surface area contributed by atoms with E-state index in [2.05, 4.69) is 16.8 Å². The summed E-state index contributed by atoms with van der Waals surface area (Å²) >= 11 is 0. The van der Waals surface area contributed by atoms with Gasteiger partial charge in [0.25, 0.3) is 0 Å². The molecule has 1 fully saturated rings. The number of aryl methyl sites for hydroxylation is 1. The second-order valence-corrected chi connectivity index (χ2v) is 10.3. The van der Waals surface area contributed by atoms with Crippen molar-refractivity contribution < 1.29 is 24.2 Å². The largest absolute Gasteiger partial charge is 0.511 e. The van der Waals surface area contributed by atoms with Crippen molar-refractivity contribution in [3.8, 4) is 22.6 Å². The zero-order valence-electron chi connectivity index (χ0n) is 22.8. The molecule has 1 aromatic heterocycles. The molecule has 1 aliphatic rings. The van der Waals surface area contributed by atoms with Crippen molar-refractivity contribution in [1.29, 1.82) is 0 Å². The number of carbonyl (C=O) groups is 2. The van der Waals surface area contributed by atoms with E-state index in [-0.39, 0.29) is 6.04 Å². The smallest absolute Gasteiger partial charge is 0.449 e. The van der Waals surface area contributed by atoms with E-state index in [0.717, 1.165) is 72.9 Å². The number of rotatable bonds is 9. The number of ether oxygens (including phenoxy) is 2. The second-order valence-electron chi connectivity index (χ2n) is 10.3. The molecular weight excluding hydrogens is 506 g/mol. The van der Waals surface area contributed by atoms with Gasteiger partial charge in [0.05, 0.1) is 11.0 Å². The fraction of sp³-hybridized carbons (Fsp3) is 0.344. The first-order chi connectivity index (χ1) is 19.5. The topological polar surface area (TPSA) is 103 Å². The number of para-hydroxylation sites is 1. The summed E-state index contributed by atoms with van der Waals surface area (Å²) in [7, 11) is 0. The van der Waals surface area contributed by atoms with Gasteiger partial charge in [0.1, 0.15) is 17.3 Å². The Kier molecular flexibility index (Phi) is 8.64. The van der Waals surface area contributed by atoms with E-state index in [1.54, 1.807) is 18.2 Å². The molecule has 0 spiro atoms. The normalized spacial score (nSPS) is 13.7. The lowest BCUT2D eigenvalue weighted by atomic mass is 9.96. The fourth-order valence-corrected chi connectivity index (χ4v) is 5.33. The van der Waals surface area contributed by atoms with Crippen molar-refractivity contribution in [2.45, 2.75) is 70.9 Å². The number of aromatic nitrogens is 2. The van der Waals surface area contributed by atoms with Crippen LogP contribution >= 0.6 is 0 Å². The van der Waals surface area contributed by atoms with E-state index >= 15 is 0 Å². The van der Waals surface area contributed by atoms with Crippen LogP contribution < -0.4 is 14.8 Å². The van der Waals surface area contributed by atoms with Gasteiger partial charge in [-0.05, 0) is 48.6 Å². The highest BCUT2D eigenvalue weighted by atomic mass is 16.7. The molecule has 1 saturated carbocycles. The first-order valence-corrected chi connectivity index (χ1v) is 14.1. The molecule has 0 unspecified atom stereocenters. The number of carboxylic acid groups (broad SMARTS) is 1. The number of nitrogens with zero attached hydrogens (tertiary/aromatic N) is 2. The van der Waals surface area contributed by atoms with Crippen molar-refractivity contribution in [3.63, 3.8) is 0 Å². The predicted molar refractivity (Wildman–Crippen MR) is 154 cm³/mol. The van der Waals surface area contributed by atoms with Crippen LogP contribution in [0.4, 0.5) is 9.59 Å². The van der Waals surface area contributed by atoms with Crippen molar-refractivity contribution >= 4 is 23.3 Å². The van der Waals surface area contributed by atoms with E-state index in [1.165, 1.54) is 6.42 Å². The quantitative estimate of drug-likeness (QED) is 0.167. The third kappa shape index (κ3) is 6.62. The molecule has 1 amide bonds. The van der Waals surface area contributed by atoms with Crippen LogP contribution in [-0.4, -0.2) is 32.9 Å². The number of hydrogen-bond donors (Lipinski definition) is 2. The minimum absolute atomic E-state index is 0.182. The van der Waals surface area contributed by atoms with E-state index in [0.29, 0.717) is 23.6 Å². The third-order valence-electron chi connectivity index (χ3n) is 7.38. The molecule has 8 nitrogen and oxygen atoms in total. The third-order valence-corrected chi connectivity index (χ3v) is 7.38. The minimum Gasteiger partial charge on any atom is -0.449 e. The number of nitrogens with one attached hydrogen (secondary N) is 1. The maximum atomic E-state index is 12.6. The van der Waals surface area contributed by atoms with Crippen molar-refractivity contribution in [3.05, 3.63) is 78.1 Å². The minimum atomic E-state index is -1.34. The van der Waals surface area contributed by atoms with E-state index in [4.69, 9.17) is 19.6 Å². The van der Waals surface area contributed by atoms with Gasteiger partial charge in [-0.1, -0.05) is 75.1 Å². The predicted octanol–water partition coefficient (Wildman–Crippen LogP) is 7.57. The monoisotopic (exact) mass is 541 g/mol. The van der Waals surface area contributed by atoms with Crippen LogP contribution in [0.25, 0.3) is 22.2 Å². The Morgan fingerprint density at radius 2 is 1.77 bits per heavy atom. The SMILES string of the molecule is CCCCc1nc2ccc(OC(=O)NC3CCCCC3)cc2n1Cc1ccc(-c2ccccc2OC(=O)O)cc1. The van der Waals surface area contributed by atoms with Gasteiger partial charge in [-0.25, -0.2) is 14.6 Å². The number of hydrogen-bond acceptors (Lipinski definition) is 5. The van der Waals surface area contributed by atoms with Crippen molar-refractivity contribution in [1.82, 2.24) is 14.9 Å². The second kappa shape index (κ2) is 12.7. The van der Waals surface area contributed by atoms with Crippen LogP contribution in [-0.2, 0) is 13.0 Å². The van der Waals surface area contributed by atoms with Crippen LogP contribution in [0.3, 0.4) is 0 Å². The highest BCUT2D eigenvalue weighted by Crippen LogP contribution is 2.31. The van der Waals surface area contributed by atoms with Crippen LogP contribution in [0.5, 0.6) is 11.5 Å². The lowest BCUT2D eigenvalue weighted by molar-refractivity contribution is 0.144. The van der Waals surface area contributed by atoms with Gasteiger partial charge in [-0.3, -0.25) is 0 Å². The first kappa shape index (κ1) is 27.2. The van der Waals surface area contributed by atoms with Crippen LogP contribution in [0, 0.1) is 0 Å². The molecule has 208 valence electrons. The average molecular weight is 542 g/mol. The maximum absolute atomic E-state index is 12.6. The number of carbonyl (C=O) groups excluding carboxylic acids is 1. The lowest BCUT2D eigenvalue weighted by Gasteiger charge is -2.22. The van der Waals surface area contributed by atoms with Crippen LogP contribution in [0.1, 0.15) is 63.3 Å². The number of unbranched alkanes of at least 4 members (excludes halogenated alkanes) is 1. The standard InChI is InChI=1S/C32H35N3O5/c1-2-3-13-30-34-27-19-18-25(39-31(36)33-24-9-5-4-6-10-24)20-28(27)35(30)21-22-14-16-23(17-15-22)26-11-7-8-12-29(26)40-32(37)38/h7-8,11-12,14-20,24H,2-6,9-10,13,21H2,1H3,(H,33,36)(H,37,38). The fourth-order valence-electron chi connectivity index (χ4n) is 5.33. The Morgan fingerprint density at radius 3 is 2.52 bits per heavy atom. The summed E-state index contributed by atoms with van der Waals surface area (Å²) in [5.41, 5.74) is 4.42. The van der Waals surface area contributed by atoms with E-state index in [9.17, 15) is 9.59 Å². The lowest BCUT2D eigenvalue weighted by Crippen LogP contribution is -2.37. The van der Waals surface area contributed by atoms with Gasteiger partial charge in [0.2, 0.25) is 0 Å². The summed E-state index contributed by atoms with van der Waals surface area (Å²) in [6.45, 7) is 2.76. The highest BCUT2D eigenvalue weighted by Gasteiger charge is 2.18. The van der Waals surface area contributed by atoms with Crippen LogP contribution in [0.15, 0.2) is 66.7 Å². The molecule has 2 N–H and O–H groups in total. The Labute approximate surface area is 233 Å². The van der Waals surface area contributed by atoms with Crippen molar-refractivity contribution in [2.75, 3.05) is 0 Å². The summed E-state index contributed by atoms with van der Waals surface area (Å²) in [4.78, 5) is 28.6. The molecule has 8 heteroatoms. The summed E-state index contributed by atoms with van der Waals surface area (Å²) in [6.07, 6.45) is 6.68. The van der Waals surface area contributed by atoms with Gasteiger partial charge < -0.3 is 24.5 Å². The Hall–Kier alpha value is -4.33. The molecule has 0 bridgehead atoms. The van der Waals surface area contributed by atoms with Gasteiger partial charge in [-0.2, -0.15) is 0 Å². The van der Waals surface area contributed by atoms with E-state index in [1.807, 2.05) is 48.5 Å². The molecule has 1 aliphatic carbocycles. The Balaban J connectivity index is 1.38. The molecule has 4 aromatic rings. The summed E-state index contributed by atoms with van der Waals surface area (Å²) in [6, 6.07) is 20.9. The van der Waals surface area contributed by atoms with Crippen LogP contribution in [0.2, 0.25) is 0 Å². The van der Waals surface area contributed by atoms with Crippen molar-refractivity contribution in [2.24, 2.45) is 0 Å². The molecule has 0 atom stereocenters. The number of fused-ring (bicyclic) bond motifs is 1. The molecule has 40 heavy (non-hydrogen) atoms. The summed E-state index contributed by atoms with van der Waals surface area (Å²) < 4.78 is 12.8. The molecule has 0 saturated heterocycles. The number of imidazole rings is 1. The number of benzene rings is 3. The summed E-state index contributed by atoms with van der Waals surface area (Å²) in [5, 5.41) is 12.1.